The molecule has 2 heterocycles. The Morgan fingerprint density at radius 2 is 1.96 bits per heavy atom. The van der Waals surface area contributed by atoms with Crippen molar-refractivity contribution in [2.75, 3.05) is 13.1 Å². The van der Waals surface area contributed by atoms with E-state index in [1.54, 1.807) is 15.4 Å². The molecule has 0 bridgehead atoms. The first-order valence-electron chi connectivity index (χ1n) is 10.1. The lowest BCUT2D eigenvalue weighted by Crippen LogP contribution is -2.43. The van der Waals surface area contributed by atoms with Gasteiger partial charge in [0.15, 0.2) is 0 Å². The molecule has 0 spiro atoms. The number of nitrogens with zero attached hydrogens (tertiary/aromatic N) is 3. The van der Waals surface area contributed by atoms with Crippen LogP contribution in [-0.4, -0.2) is 58.7 Å². The quantitative estimate of drug-likeness (QED) is 0.746. The average Bonchev–Trinajstić information content (AvgIpc) is 3.45. The number of carbonyl (C=O) groups is 1. The third-order valence-corrected chi connectivity index (χ3v) is 7.47. The highest BCUT2D eigenvalue weighted by Crippen LogP contribution is 2.34. The normalized spacial score (nSPS) is 21.4. The van der Waals surface area contributed by atoms with Gasteiger partial charge in [-0.05, 0) is 65.0 Å². The third kappa shape index (κ3) is 5.44. The summed E-state index contributed by atoms with van der Waals surface area (Å²) in [5, 5.41) is -0.263. The van der Waals surface area contributed by atoms with Gasteiger partial charge in [0.2, 0.25) is 10.0 Å². The summed E-state index contributed by atoms with van der Waals surface area (Å²) in [7, 11) is -3.35. The van der Waals surface area contributed by atoms with Crippen LogP contribution in [0.15, 0.2) is 24.4 Å². The van der Waals surface area contributed by atoms with Gasteiger partial charge in [-0.15, -0.1) is 0 Å². The van der Waals surface area contributed by atoms with Crippen molar-refractivity contribution in [2.24, 2.45) is 0 Å². The number of carbonyl (C=O) groups excluding carboxylic acids is 1. The van der Waals surface area contributed by atoms with Crippen molar-refractivity contribution < 1.29 is 17.9 Å². The SMILES string of the molecule is CC(C)(C)OC(=O)N1CCCC(N(Cc2ccccn2)S(=O)(=O)C2CC2)CC1. The number of amides is 1. The number of rotatable bonds is 5. The molecule has 1 aromatic rings. The molecular formula is C20H31N3O4S. The monoisotopic (exact) mass is 409 g/mol. The molecule has 1 aliphatic carbocycles. The van der Waals surface area contributed by atoms with Crippen molar-refractivity contribution >= 4 is 16.1 Å². The van der Waals surface area contributed by atoms with E-state index in [2.05, 4.69) is 4.98 Å². The summed E-state index contributed by atoms with van der Waals surface area (Å²) in [6.07, 6.45) is 4.93. The second-order valence-corrected chi connectivity index (χ2v) is 10.8. The van der Waals surface area contributed by atoms with Crippen LogP contribution in [0.1, 0.15) is 58.6 Å². The number of likely N-dealkylation sites (tertiary alicyclic amines) is 1. The Balaban J connectivity index is 1.73. The van der Waals surface area contributed by atoms with Gasteiger partial charge in [-0.3, -0.25) is 4.98 Å². The smallest absolute Gasteiger partial charge is 0.410 e. The Kier molecular flexibility index (Phi) is 6.29. The van der Waals surface area contributed by atoms with E-state index in [1.165, 1.54) is 0 Å². The highest BCUT2D eigenvalue weighted by molar-refractivity contribution is 7.90. The summed E-state index contributed by atoms with van der Waals surface area (Å²) >= 11 is 0. The van der Waals surface area contributed by atoms with Gasteiger partial charge in [-0.1, -0.05) is 6.07 Å². The molecule has 1 saturated carbocycles. The standard InChI is InChI=1S/C20H31N3O4S/c1-20(2,3)27-19(24)22-13-6-8-17(11-14-22)23(28(25,26)18-9-10-18)15-16-7-4-5-12-21-16/h4-5,7,12,17-18H,6,8-11,13-15H2,1-3H3. The van der Waals surface area contributed by atoms with Gasteiger partial charge >= 0.3 is 6.09 Å². The van der Waals surface area contributed by atoms with Crippen molar-refractivity contribution in [3.8, 4) is 0 Å². The topological polar surface area (TPSA) is 79.8 Å². The van der Waals surface area contributed by atoms with Crippen molar-refractivity contribution in [3.63, 3.8) is 0 Å². The van der Waals surface area contributed by atoms with Gasteiger partial charge in [-0.25, -0.2) is 13.2 Å². The van der Waals surface area contributed by atoms with Gasteiger partial charge in [-0.2, -0.15) is 4.31 Å². The first-order chi connectivity index (χ1) is 13.2. The molecule has 0 N–H and O–H groups in total. The molecule has 28 heavy (non-hydrogen) atoms. The van der Waals surface area contributed by atoms with Crippen LogP contribution in [0.25, 0.3) is 0 Å². The third-order valence-electron chi connectivity index (χ3n) is 5.07. The summed E-state index contributed by atoms with van der Waals surface area (Å²) in [6, 6.07) is 5.44. The van der Waals surface area contributed by atoms with Crippen LogP contribution in [-0.2, 0) is 21.3 Å². The summed E-state index contributed by atoms with van der Waals surface area (Å²) in [4.78, 5) is 18.4. The van der Waals surface area contributed by atoms with Crippen LogP contribution in [0.2, 0.25) is 0 Å². The predicted molar refractivity (Wildman–Crippen MR) is 107 cm³/mol. The number of aromatic nitrogens is 1. The maximum atomic E-state index is 13.1. The van der Waals surface area contributed by atoms with E-state index in [0.29, 0.717) is 19.5 Å². The first kappa shape index (κ1) is 21.0. The summed E-state index contributed by atoms with van der Waals surface area (Å²) < 4.78 is 33.3. The molecule has 1 amide bonds. The summed E-state index contributed by atoms with van der Waals surface area (Å²) in [6.45, 7) is 6.93. The minimum Gasteiger partial charge on any atom is -0.444 e. The highest BCUT2D eigenvalue weighted by atomic mass is 32.2. The van der Waals surface area contributed by atoms with Crippen LogP contribution in [0.5, 0.6) is 0 Å². The van der Waals surface area contributed by atoms with Crippen molar-refractivity contribution in [3.05, 3.63) is 30.1 Å². The molecule has 8 heteroatoms. The minimum atomic E-state index is -3.35. The number of sulfonamides is 1. The van der Waals surface area contributed by atoms with Crippen LogP contribution in [0, 0.1) is 0 Å². The number of ether oxygens (including phenoxy) is 1. The first-order valence-corrected chi connectivity index (χ1v) is 11.6. The van der Waals surface area contributed by atoms with Gasteiger partial charge in [0, 0.05) is 25.3 Å². The largest absolute Gasteiger partial charge is 0.444 e. The van der Waals surface area contributed by atoms with Gasteiger partial charge in [0.05, 0.1) is 17.5 Å². The fourth-order valence-electron chi connectivity index (χ4n) is 3.51. The average molecular weight is 410 g/mol. The summed E-state index contributed by atoms with van der Waals surface area (Å²) in [5.74, 6) is 0. The van der Waals surface area contributed by atoms with Crippen LogP contribution >= 0.6 is 0 Å². The molecule has 1 atom stereocenters. The Hall–Kier alpha value is -1.67. The summed E-state index contributed by atoms with van der Waals surface area (Å²) in [5.41, 5.74) is 0.211. The van der Waals surface area contributed by atoms with Crippen molar-refractivity contribution in [1.29, 1.82) is 0 Å². The van der Waals surface area contributed by atoms with E-state index in [0.717, 1.165) is 31.4 Å². The Bertz CT molecular complexity index is 772. The lowest BCUT2D eigenvalue weighted by atomic mass is 10.1. The molecular weight excluding hydrogens is 378 g/mol. The highest BCUT2D eigenvalue weighted by Gasteiger charge is 2.43. The fraction of sp³-hybridized carbons (Fsp3) is 0.700. The molecule has 2 aliphatic rings. The van der Waals surface area contributed by atoms with Gasteiger partial charge < -0.3 is 9.64 Å². The molecule has 3 rings (SSSR count). The van der Waals surface area contributed by atoms with Crippen molar-refractivity contribution in [2.45, 2.75) is 76.3 Å². The number of pyridine rings is 1. The molecule has 156 valence electrons. The zero-order valence-corrected chi connectivity index (χ0v) is 17.8. The Morgan fingerprint density at radius 1 is 1.21 bits per heavy atom. The molecule has 1 aromatic heterocycles. The van der Waals surface area contributed by atoms with E-state index >= 15 is 0 Å². The van der Waals surface area contributed by atoms with E-state index < -0.39 is 15.6 Å². The predicted octanol–water partition coefficient (Wildman–Crippen LogP) is 3.17. The lowest BCUT2D eigenvalue weighted by molar-refractivity contribution is 0.0255. The molecule has 0 aromatic carbocycles. The van der Waals surface area contributed by atoms with Crippen LogP contribution in [0.3, 0.4) is 0 Å². The van der Waals surface area contributed by atoms with Crippen molar-refractivity contribution in [1.82, 2.24) is 14.2 Å². The lowest BCUT2D eigenvalue weighted by Gasteiger charge is -2.30. The fourth-order valence-corrected chi connectivity index (χ4v) is 5.56. The van der Waals surface area contributed by atoms with E-state index in [-0.39, 0.29) is 23.9 Å². The molecule has 1 aliphatic heterocycles. The van der Waals surface area contributed by atoms with E-state index in [1.807, 2.05) is 39.0 Å². The zero-order chi connectivity index (χ0) is 20.4. The second kappa shape index (κ2) is 8.37. The number of hydrogen-bond acceptors (Lipinski definition) is 5. The molecule has 1 saturated heterocycles. The van der Waals surface area contributed by atoms with Crippen LogP contribution < -0.4 is 0 Å². The minimum absolute atomic E-state index is 0.125. The van der Waals surface area contributed by atoms with E-state index in [9.17, 15) is 13.2 Å². The zero-order valence-electron chi connectivity index (χ0n) is 17.0. The Labute approximate surface area is 168 Å². The van der Waals surface area contributed by atoms with Gasteiger partial charge in [0.25, 0.3) is 0 Å². The van der Waals surface area contributed by atoms with Gasteiger partial charge in [0.1, 0.15) is 5.60 Å². The molecule has 0 radical (unpaired) electrons. The van der Waals surface area contributed by atoms with E-state index in [4.69, 9.17) is 4.74 Å². The molecule has 7 nitrogen and oxygen atoms in total. The molecule has 2 fully saturated rings. The second-order valence-electron chi connectivity index (χ2n) is 8.66. The van der Waals surface area contributed by atoms with Crippen LogP contribution in [0.4, 0.5) is 4.79 Å². The maximum Gasteiger partial charge on any atom is 0.410 e. The number of hydrogen-bond donors (Lipinski definition) is 0. The molecule has 1 unspecified atom stereocenters. The maximum absolute atomic E-state index is 13.1. The Morgan fingerprint density at radius 3 is 2.57 bits per heavy atom.